The molecule has 1 aliphatic heterocycles. The van der Waals surface area contributed by atoms with Gasteiger partial charge in [-0.15, -0.1) is 0 Å². The smallest absolute Gasteiger partial charge is 0.332 e. The number of nitrogens with one attached hydrogen (secondary N) is 3. The van der Waals surface area contributed by atoms with Gasteiger partial charge in [-0.1, -0.05) is 6.07 Å². The summed E-state index contributed by atoms with van der Waals surface area (Å²) in [5.74, 6) is -1.34. The summed E-state index contributed by atoms with van der Waals surface area (Å²) in [7, 11) is 0. The van der Waals surface area contributed by atoms with Crippen molar-refractivity contribution in [2.45, 2.75) is 24.8 Å². The van der Waals surface area contributed by atoms with Crippen LogP contribution < -0.4 is 16.4 Å². The molecule has 0 bridgehead atoms. The number of nitrogens with zero attached hydrogens (tertiary/aromatic N) is 3. The molecule has 11 heteroatoms. The SMILES string of the molecule is Fc1ccc(Cn2cnc(-c3cc(C4NNNC4C(F)(F)F)ccn3)c2)c(F)c1. The van der Waals surface area contributed by atoms with Crippen molar-refractivity contribution in [3.05, 3.63) is 71.8 Å². The number of halogens is 5. The van der Waals surface area contributed by atoms with Crippen LogP contribution in [0.2, 0.25) is 0 Å². The number of alkyl halides is 3. The van der Waals surface area contributed by atoms with E-state index in [1.165, 1.54) is 30.7 Å². The molecule has 29 heavy (non-hydrogen) atoms. The lowest BCUT2D eigenvalue weighted by molar-refractivity contribution is -0.156. The van der Waals surface area contributed by atoms with Gasteiger partial charge in [0.1, 0.15) is 23.4 Å². The van der Waals surface area contributed by atoms with Crippen LogP contribution in [0.3, 0.4) is 0 Å². The number of imidazole rings is 1. The minimum atomic E-state index is -4.45. The van der Waals surface area contributed by atoms with Crippen LogP contribution in [0.15, 0.2) is 49.1 Å². The molecule has 1 fully saturated rings. The van der Waals surface area contributed by atoms with Gasteiger partial charge in [-0.05, 0) is 23.8 Å². The van der Waals surface area contributed by atoms with Crippen molar-refractivity contribution in [2.75, 3.05) is 0 Å². The number of hydrogen-bond acceptors (Lipinski definition) is 5. The molecule has 0 amide bonds. The van der Waals surface area contributed by atoms with E-state index in [-0.39, 0.29) is 12.1 Å². The Balaban J connectivity index is 1.56. The summed E-state index contributed by atoms with van der Waals surface area (Å²) >= 11 is 0. The Labute approximate surface area is 161 Å². The van der Waals surface area contributed by atoms with Crippen molar-refractivity contribution in [3.8, 4) is 11.4 Å². The highest BCUT2D eigenvalue weighted by Crippen LogP contribution is 2.32. The standard InChI is InChI=1S/C18H15F5N6/c19-12-2-1-11(13(20)6-12)7-29-8-15(25-9-29)14-5-10(3-4-24-14)16-17(18(21,22)23)27-28-26-16/h1-6,8-9,16-17,26-28H,7H2. The summed E-state index contributed by atoms with van der Waals surface area (Å²) in [6, 6.07) is 3.44. The zero-order valence-electron chi connectivity index (χ0n) is 14.7. The summed E-state index contributed by atoms with van der Waals surface area (Å²) < 4.78 is 67.9. The van der Waals surface area contributed by atoms with Crippen molar-refractivity contribution in [1.82, 2.24) is 30.9 Å². The van der Waals surface area contributed by atoms with Gasteiger partial charge in [0.2, 0.25) is 0 Å². The lowest BCUT2D eigenvalue weighted by Gasteiger charge is -2.21. The van der Waals surface area contributed by atoms with Crippen molar-refractivity contribution in [1.29, 1.82) is 0 Å². The molecular formula is C18H15F5N6. The normalized spacial score (nSPS) is 19.6. The van der Waals surface area contributed by atoms with E-state index in [0.717, 1.165) is 12.1 Å². The van der Waals surface area contributed by atoms with E-state index in [0.29, 0.717) is 17.0 Å². The molecule has 3 heterocycles. The lowest BCUT2D eigenvalue weighted by Crippen LogP contribution is -2.43. The maximum atomic E-state index is 13.8. The number of rotatable bonds is 4. The molecule has 3 N–H and O–H groups in total. The molecule has 0 spiro atoms. The first-order valence-electron chi connectivity index (χ1n) is 8.56. The highest BCUT2D eigenvalue weighted by molar-refractivity contribution is 5.54. The monoisotopic (exact) mass is 410 g/mol. The molecule has 2 unspecified atom stereocenters. The molecule has 1 aliphatic rings. The first-order chi connectivity index (χ1) is 13.8. The van der Waals surface area contributed by atoms with Crippen molar-refractivity contribution in [2.24, 2.45) is 0 Å². The molecule has 1 saturated heterocycles. The van der Waals surface area contributed by atoms with Crippen molar-refractivity contribution in [3.63, 3.8) is 0 Å². The third-order valence-electron chi connectivity index (χ3n) is 4.55. The number of benzene rings is 1. The maximum Gasteiger partial charge on any atom is 0.407 e. The third kappa shape index (κ3) is 4.11. The summed E-state index contributed by atoms with van der Waals surface area (Å²) in [6.07, 6.45) is -0.0150. The van der Waals surface area contributed by atoms with E-state index < -0.39 is 29.9 Å². The summed E-state index contributed by atoms with van der Waals surface area (Å²) in [6.45, 7) is 0.118. The van der Waals surface area contributed by atoms with Crippen LogP contribution in [-0.4, -0.2) is 26.8 Å². The van der Waals surface area contributed by atoms with Gasteiger partial charge in [0.05, 0.1) is 24.6 Å². The molecule has 6 nitrogen and oxygen atoms in total. The topological polar surface area (TPSA) is 66.8 Å². The number of hydrazine groups is 2. The highest BCUT2D eigenvalue weighted by atomic mass is 19.4. The quantitative estimate of drug-likeness (QED) is 0.578. The first-order valence-corrected chi connectivity index (χ1v) is 8.56. The first kappa shape index (κ1) is 19.4. The number of pyridine rings is 1. The van der Waals surface area contributed by atoms with E-state index in [9.17, 15) is 22.0 Å². The summed E-state index contributed by atoms with van der Waals surface area (Å²) in [5, 5.41) is 0. The fourth-order valence-corrected chi connectivity index (χ4v) is 3.12. The minimum absolute atomic E-state index is 0.118. The van der Waals surface area contributed by atoms with Gasteiger partial charge in [0.15, 0.2) is 0 Å². The Hall–Kier alpha value is -2.89. The van der Waals surface area contributed by atoms with Crippen LogP contribution in [0.1, 0.15) is 17.2 Å². The molecule has 1 aromatic carbocycles. The zero-order chi connectivity index (χ0) is 20.6. The van der Waals surface area contributed by atoms with Crippen LogP contribution in [0, 0.1) is 11.6 Å². The molecule has 0 saturated carbocycles. The zero-order valence-corrected chi connectivity index (χ0v) is 14.7. The number of aromatic nitrogens is 3. The second-order valence-corrected chi connectivity index (χ2v) is 6.55. The van der Waals surface area contributed by atoms with Gasteiger partial charge in [0.25, 0.3) is 0 Å². The molecule has 0 radical (unpaired) electrons. The number of hydrogen-bond donors (Lipinski definition) is 3. The van der Waals surface area contributed by atoms with Crippen LogP contribution in [-0.2, 0) is 6.54 Å². The Bertz CT molecular complexity index is 1020. The Kier molecular flexibility index (Phi) is 5.03. The fourth-order valence-electron chi connectivity index (χ4n) is 3.12. The molecule has 0 aliphatic carbocycles. The molecule has 4 rings (SSSR count). The average molecular weight is 410 g/mol. The third-order valence-corrected chi connectivity index (χ3v) is 4.55. The Morgan fingerprint density at radius 3 is 2.59 bits per heavy atom. The average Bonchev–Trinajstić information content (AvgIpc) is 3.33. The van der Waals surface area contributed by atoms with Gasteiger partial charge < -0.3 is 4.57 Å². The predicted octanol–water partition coefficient (Wildman–Crippen LogP) is 2.86. The van der Waals surface area contributed by atoms with Crippen LogP contribution >= 0.6 is 0 Å². The van der Waals surface area contributed by atoms with E-state index in [1.807, 2.05) is 0 Å². The van der Waals surface area contributed by atoms with Crippen LogP contribution in [0.4, 0.5) is 22.0 Å². The van der Waals surface area contributed by atoms with Gasteiger partial charge in [-0.3, -0.25) is 4.98 Å². The van der Waals surface area contributed by atoms with Crippen molar-refractivity contribution < 1.29 is 22.0 Å². The maximum absolute atomic E-state index is 13.8. The summed E-state index contributed by atoms with van der Waals surface area (Å²) in [4.78, 5) is 8.36. The summed E-state index contributed by atoms with van der Waals surface area (Å²) in [5.41, 5.74) is 8.44. The van der Waals surface area contributed by atoms with Gasteiger partial charge in [0, 0.05) is 24.0 Å². The van der Waals surface area contributed by atoms with E-state index in [1.54, 1.807) is 10.8 Å². The molecular weight excluding hydrogens is 395 g/mol. The Morgan fingerprint density at radius 2 is 1.83 bits per heavy atom. The van der Waals surface area contributed by atoms with Crippen LogP contribution in [0.5, 0.6) is 0 Å². The second-order valence-electron chi connectivity index (χ2n) is 6.55. The molecule has 2 atom stereocenters. The molecule has 152 valence electrons. The van der Waals surface area contributed by atoms with Gasteiger partial charge >= 0.3 is 6.18 Å². The van der Waals surface area contributed by atoms with Crippen molar-refractivity contribution >= 4 is 0 Å². The van der Waals surface area contributed by atoms with E-state index in [4.69, 9.17) is 0 Å². The highest BCUT2D eigenvalue weighted by Gasteiger charge is 2.48. The lowest BCUT2D eigenvalue weighted by atomic mass is 10.0. The van der Waals surface area contributed by atoms with Gasteiger partial charge in [-0.2, -0.15) is 18.7 Å². The van der Waals surface area contributed by atoms with Gasteiger partial charge in [-0.25, -0.2) is 24.6 Å². The molecule has 2 aromatic heterocycles. The fraction of sp³-hybridized carbons (Fsp3) is 0.222. The second kappa shape index (κ2) is 7.50. The Morgan fingerprint density at radius 1 is 1.00 bits per heavy atom. The minimum Gasteiger partial charge on any atom is -0.332 e. The van der Waals surface area contributed by atoms with E-state index >= 15 is 0 Å². The largest absolute Gasteiger partial charge is 0.407 e. The van der Waals surface area contributed by atoms with E-state index in [2.05, 4.69) is 26.4 Å². The predicted molar refractivity (Wildman–Crippen MR) is 92.9 cm³/mol. The van der Waals surface area contributed by atoms with Crippen LogP contribution in [0.25, 0.3) is 11.4 Å². The molecule has 3 aromatic rings.